The highest BCUT2D eigenvalue weighted by Crippen LogP contribution is 2.46. The van der Waals surface area contributed by atoms with Gasteiger partial charge in [-0.3, -0.25) is 9.59 Å². The van der Waals surface area contributed by atoms with Crippen molar-refractivity contribution in [1.82, 2.24) is 4.90 Å². The van der Waals surface area contributed by atoms with E-state index in [1.807, 2.05) is 6.92 Å². The van der Waals surface area contributed by atoms with Crippen LogP contribution in [-0.4, -0.2) is 73.0 Å². The molecule has 2 heterocycles. The van der Waals surface area contributed by atoms with E-state index in [-0.39, 0.29) is 13.0 Å². The molecule has 12 heteroatoms. The Morgan fingerprint density at radius 2 is 1.90 bits per heavy atom. The molecule has 11 nitrogen and oxygen atoms in total. The Labute approximate surface area is 168 Å². The van der Waals surface area contributed by atoms with E-state index in [1.54, 1.807) is 0 Å². The predicted molar refractivity (Wildman–Crippen MR) is 95.9 cm³/mol. The van der Waals surface area contributed by atoms with E-state index in [0.717, 1.165) is 18.2 Å². The molecule has 0 aromatic heterocycles. The van der Waals surface area contributed by atoms with Crippen molar-refractivity contribution >= 4 is 33.8 Å². The summed E-state index contributed by atoms with van der Waals surface area (Å²) in [5.74, 6) is -2.37. The molecule has 0 spiro atoms. The number of β-lactam (4-membered cyclic amide) rings is 1. The lowest BCUT2D eigenvalue weighted by Crippen LogP contribution is -2.59. The maximum Gasteiger partial charge on any atom is 0.511 e. The zero-order chi connectivity index (χ0) is 22.0. The second kappa shape index (κ2) is 8.56. The normalized spacial score (nSPS) is 28.0. The highest BCUT2D eigenvalue weighted by atomic mass is 32.2. The number of esters is 2. The quantitative estimate of drug-likeness (QED) is 0.174. The van der Waals surface area contributed by atoms with E-state index in [2.05, 4.69) is 0 Å². The monoisotopic (exact) mass is 435 g/mol. The molecule has 2 rings (SSSR count). The molecule has 0 aromatic rings. The molecular formula is C17H25NO10S. The summed E-state index contributed by atoms with van der Waals surface area (Å²) < 4.78 is 43.3. The molecule has 0 N–H and O–H groups in total. The first-order valence-electron chi connectivity index (χ1n) is 9.17. The largest absolute Gasteiger partial charge is 0.511 e. The third kappa shape index (κ3) is 4.31. The molecule has 2 fully saturated rings. The molecule has 0 aliphatic carbocycles. The van der Waals surface area contributed by atoms with E-state index in [1.165, 1.54) is 13.8 Å². The summed E-state index contributed by atoms with van der Waals surface area (Å²) in [7, 11) is -4.03. The standard InChI is InChI=1S/C17H25NO10S/c1-5-6-7-25-16(22)28-11(3)27-15(21)14-17(4,9-26-10(2)19)29(23,24)13-8-12(20)18(13)14/h11,13-14H,5-9H2,1-4H3/t11?,13-,14+,17+/m1/s1. The predicted octanol–water partition coefficient (Wildman–Crippen LogP) is 0.506. The minimum atomic E-state index is -4.03. The molecule has 0 saturated carbocycles. The number of unbranched alkanes of at least 4 members (excludes halogenated alkanes) is 1. The van der Waals surface area contributed by atoms with E-state index in [9.17, 15) is 27.6 Å². The van der Waals surface area contributed by atoms with Gasteiger partial charge in [0.1, 0.15) is 16.7 Å². The minimum absolute atomic E-state index is 0.140. The summed E-state index contributed by atoms with van der Waals surface area (Å²) in [6, 6.07) is -1.54. The molecule has 0 radical (unpaired) electrons. The molecular weight excluding hydrogens is 410 g/mol. The molecule has 2 aliphatic rings. The average Bonchev–Trinajstić information content (AvgIpc) is 2.74. The second-order valence-electron chi connectivity index (χ2n) is 7.07. The van der Waals surface area contributed by atoms with Gasteiger partial charge in [0, 0.05) is 13.8 Å². The third-order valence-corrected chi connectivity index (χ3v) is 7.61. The van der Waals surface area contributed by atoms with Crippen LogP contribution in [0.5, 0.6) is 0 Å². The third-order valence-electron chi connectivity index (χ3n) is 4.86. The lowest BCUT2D eigenvalue weighted by molar-refractivity contribution is -0.180. The van der Waals surface area contributed by atoms with Crippen molar-refractivity contribution < 1.29 is 46.5 Å². The number of ether oxygens (including phenoxy) is 4. The van der Waals surface area contributed by atoms with Crippen molar-refractivity contribution in [3.63, 3.8) is 0 Å². The fourth-order valence-corrected chi connectivity index (χ4v) is 5.49. The Bertz CT molecular complexity index is 794. The van der Waals surface area contributed by atoms with Gasteiger partial charge in [-0.05, 0) is 13.3 Å². The number of carbonyl (C=O) groups is 4. The maximum absolute atomic E-state index is 12.9. The van der Waals surface area contributed by atoms with E-state index >= 15 is 0 Å². The Kier molecular flexibility index (Phi) is 6.76. The summed E-state index contributed by atoms with van der Waals surface area (Å²) in [6.07, 6.45) is -1.25. The molecule has 2 saturated heterocycles. The molecule has 1 amide bonds. The SMILES string of the molecule is CCCCOC(=O)OC(C)OC(=O)[C@@H]1N2C(=O)C[C@H]2S(=O)(=O)[C@@]1(C)COC(C)=O. The van der Waals surface area contributed by atoms with Crippen LogP contribution in [0.4, 0.5) is 4.79 Å². The highest BCUT2D eigenvalue weighted by molar-refractivity contribution is 7.94. The van der Waals surface area contributed by atoms with Crippen LogP contribution in [0.2, 0.25) is 0 Å². The summed E-state index contributed by atoms with van der Waals surface area (Å²) in [5, 5.41) is -1.19. The Morgan fingerprint density at radius 1 is 1.24 bits per heavy atom. The van der Waals surface area contributed by atoms with Crippen LogP contribution < -0.4 is 0 Å². The molecule has 4 atom stereocenters. The lowest BCUT2D eigenvalue weighted by Gasteiger charge is -2.36. The van der Waals surface area contributed by atoms with Crippen LogP contribution in [0.1, 0.15) is 47.0 Å². The molecule has 1 unspecified atom stereocenters. The molecule has 164 valence electrons. The number of sulfone groups is 1. The van der Waals surface area contributed by atoms with Gasteiger partial charge in [-0.25, -0.2) is 18.0 Å². The fourth-order valence-electron chi connectivity index (χ4n) is 3.22. The minimum Gasteiger partial charge on any atom is -0.464 e. The smallest absolute Gasteiger partial charge is 0.464 e. The zero-order valence-electron chi connectivity index (χ0n) is 16.7. The molecule has 29 heavy (non-hydrogen) atoms. The van der Waals surface area contributed by atoms with Crippen molar-refractivity contribution in [2.75, 3.05) is 13.2 Å². The van der Waals surface area contributed by atoms with Crippen molar-refractivity contribution in [3.05, 3.63) is 0 Å². The van der Waals surface area contributed by atoms with Crippen LogP contribution in [0.15, 0.2) is 0 Å². The van der Waals surface area contributed by atoms with Crippen molar-refractivity contribution in [3.8, 4) is 0 Å². The first kappa shape index (κ1) is 22.9. The van der Waals surface area contributed by atoms with Crippen molar-refractivity contribution in [2.24, 2.45) is 0 Å². The van der Waals surface area contributed by atoms with Crippen LogP contribution in [0.3, 0.4) is 0 Å². The van der Waals surface area contributed by atoms with E-state index in [4.69, 9.17) is 18.9 Å². The lowest BCUT2D eigenvalue weighted by atomic mass is 9.97. The van der Waals surface area contributed by atoms with Crippen LogP contribution >= 0.6 is 0 Å². The van der Waals surface area contributed by atoms with Gasteiger partial charge in [0.15, 0.2) is 15.9 Å². The number of amides is 1. The van der Waals surface area contributed by atoms with Crippen molar-refractivity contribution in [1.29, 1.82) is 0 Å². The van der Waals surface area contributed by atoms with E-state index < -0.39 is 62.9 Å². The number of hydrogen-bond donors (Lipinski definition) is 0. The van der Waals surface area contributed by atoms with Gasteiger partial charge in [-0.2, -0.15) is 0 Å². The molecule has 2 aliphatic heterocycles. The van der Waals surface area contributed by atoms with Crippen molar-refractivity contribution in [2.45, 2.75) is 69.4 Å². The van der Waals surface area contributed by atoms with Gasteiger partial charge in [-0.1, -0.05) is 13.3 Å². The maximum atomic E-state index is 12.9. The first-order chi connectivity index (χ1) is 13.5. The van der Waals surface area contributed by atoms with Gasteiger partial charge in [-0.15, -0.1) is 0 Å². The van der Waals surface area contributed by atoms with Gasteiger partial charge < -0.3 is 23.8 Å². The summed E-state index contributed by atoms with van der Waals surface area (Å²) in [6.45, 7) is 4.99. The zero-order valence-corrected chi connectivity index (χ0v) is 17.5. The summed E-state index contributed by atoms with van der Waals surface area (Å²) >= 11 is 0. The molecule has 0 aromatic carbocycles. The molecule has 0 bridgehead atoms. The number of hydrogen-bond acceptors (Lipinski definition) is 10. The van der Waals surface area contributed by atoms with E-state index in [0.29, 0.717) is 6.42 Å². The van der Waals surface area contributed by atoms with Gasteiger partial charge in [0.25, 0.3) is 0 Å². The number of carbonyl (C=O) groups excluding carboxylic acids is 4. The Morgan fingerprint density at radius 3 is 2.45 bits per heavy atom. The average molecular weight is 435 g/mol. The first-order valence-corrected chi connectivity index (χ1v) is 10.7. The summed E-state index contributed by atoms with van der Waals surface area (Å²) in [5.41, 5.74) is 0. The van der Waals surface area contributed by atoms with Crippen LogP contribution in [0, 0.1) is 0 Å². The van der Waals surface area contributed by atoms with Gasteiger partial charge >= 0.3 is 18.1 Å². The number of rotatable bonds is 8. The van der Waals surface area contributed by atoms with Crippen LogP contribution in [-0.2, 0) is 43.2 Å². The van der Waals surface area contributed by atoms with Gasteiger partial charge in [0.05, 0.1) is 13.0 Å². The number of nitrogens with zero attached hydrogens (tertiary/aromatic N) is 1. The fraction of sp³-hybridized carbons (Fsp3) is 0.765. The Hall–Kier alpha value is -2.37. The highest BCUT2D eigenvalue weighted by Gasteiger charge is 2.70. The second-order valence-corrected chi connectivity index (χ2v) is 9.64. The number of fused-ring (bicyclic) bond motifs is 1. The van der Waals surface area contributed by atoms with Crippen LogP contribution in [0.25, 0.3) is 0 Å². The Balaban J connectivity index is 2.14. The topological polar surface area (TPSA) is 143 Å². The summed E-state index contributed by atoms with van der Waals surface area (Å²) in [4.78, 5) is 48.4. The van der Waals surface area contributed by atoms with Gasteiger partial charge in [0.2, 0.25) is 12.2 Å².